The van der Waals surface area contributed by atoms with Crippen LogP contribution in [0.5, 0.6) is 0 Å². The molecule has 4 nitrogen and oxygen atoms in total. The molecule has 0 spiro atoms. The van der Waals surface area contributed by atoms with E-state index in [0.717, 1.165) is 0 Å². The van der Waals surface area contributed by atoms with Crippen molar-refractivity contribution in [3.63, 3.8) is 0 Å². The first-order chi connectivity index (χ1) is 5.89. The van der Waals surface area contributed by atoms with E-state index < -0.39 is 17.4 Å². The molecule has 1 N–H and O–H groups in total. The number of rotatable bonds is 1. The van der Waals surface area contributed by atoms with Crippen LogP contribution < -0.4 is 5.32 Å². The zero-order chi connectivity index (χ0) is 10.1. The number of carbonyl (C=O) groups is 1. The highest BCUT2D eigenvalue weighted by molar-refractivity contribution is 7.10. The van der Waals surface area contributed by atoms with Crippen LogP contribution in [0, 0.1) is 0 Å². The lowest BCUT2D eigenvalue weighted by Gasteiger charge is -1.97. The molecule has 0 radical (unpaired) electrons. The van der Waals surface area contributed by atoms with Crippen LogP contribution in [0.2, 0.25) is 0 Å². The summed E-state index contributed by atoms with van der Waals surface area (Å²) < 4.78 is 38.6. The van der Waals surface area contributed by atoms with E-state index in [1.54, 1.807) is 0 Å². The predicted molar refractivity (Wildman–Crippen MR) is 39.8 cm³/mol. The molecule has 1 aromatic heterocycles. The van der Waals surface area contributed by atoms with Crippen molar-refractivity contribution in [2.45, 2.75) is 6.18 Å². The summed E-state index contributed by atoms with van der Waals surface area (Å²) in [5, 5.41) is 0.574. The third-order valence-corrected chi connectivity index (χ3v) is 1.61. The monoisotopic (exact) mass is 231 g/mol. The molecule has 1 amide bonds. The van der Waals surface area contributed by atoms with Gasteiger partial charge in [0.05, 0.1) is 0 Å². The molecule has 0 aromatic carbocycles. The SMILES string of the molecule is O=C(Cl)Nc1nc(C(F)(F)F)ns1. The molecule has 9 heteroatoms. The first-order valence-corrected chi connectivity index (χ1v) is 3.92. The van der Waals surface area contributed by atoms with Crippen LogP contribution in [-0.2, 0) is 6.18 Å². The van der Waals surface area contributed by atoms with Gasteiger partial charge in [0.15, 0.2) is 0 Å². The number of halogens is 4. The van der Waals surface area contributed by atoms with Gasteiger partial charge in [-0.1, -0.05) is 0 Å². The van der Waals surface area contributed by atoms with Crippen molar-refractivity contribution in [3.05, 3.63) is 5.82 Å². The van der Waals surface area contributed by atoms with Crippen LogP contribution in [0.1, 0.15) is 5.82 Å². The molecule has 0 fully saturated rings. The fourth-order valence-electron chi connectivity index (χ4n) is 0.473. The number of amides is 1. The van der Waals surface area contributed by atoms with Crippen LogP contribution in [-0.4, -0.2) is 14.7 Å². The predicted octanol–water partition coefficient (Wildman–Crippen LogP) is 2.33. The highest BCUT2D eigenvalue weighted by Crippen LogP contribution is 2.28. The third-order valence-electron chi connectivity index (χ3n) is 0.885. The number of nitrogens with zero attached hydrogens (tertiary/aromatic N) is 2. The maximum absolute atomic E-state index is 11.9. The summed E-state index contributed by atoms with van der Waals surface area (Å²) >= 11 is 5.25. The van der Waals surface area contributed by atoms with Gasteiger partial charge in [-0.05, 0) is 11.6 Å². The van der Waals surface area contributed by atoms with Gasteiger partial charge in [-0.3, -0.25) is 10.1 Å². The van der Waals surface area contributed by atoms with Gasteiger partial charge in [0.25, 0.3) is 0 Å². The summed E-state index contributed by atoms with van der Waals surface area (Å²) in [6, 6.07) is 0. The first-order valence-electron chi connectivity index (χ1n) is 2.77. The van der Waals surface area contributed by atoms with E-state index in [-0.39, 0.29) is 5.13 Å². The van der Waals surface area contributed by atoms with E-state index in [1.165, 1.54) is 0 Å². The van der Waals surface area contributed by atoms with Crippen molar-refractivity contribution in [3.8, 4) is 0 Å². The summed E-state index contributed by atoms with van der Waals surface area (Å²) in [5.41, 5.74) is 0. The fourth-order valence-corrected chi connectivity index (χ4v) is 1.20. The van der Waals surface area contributed by atoms with Crippen LogP contribution in [0.25, 0.3) is 0 Å². The Bertz CT molecular complexity index is 325. The molecular weight excluding hydrogens is 231 g/mol. The van der Waals surface area contributed by atoms with Crippen molar-refractivity contribution in [2.24, 2.45) is 0 Å². The smallest absolute Gasteiger partial charge is 0.287 e. The lowest BCUT2D eigenvalue weighted by molar-refractivity contribution is -0.144. The van der Waals surface area contributed by atoms with Gasteiger partial charge in [0, 0.05) is 11.5 Å². The fraction of sp³-hybridized carbons (Fsp3) is 0.250. The number of nitrogens with one attached hydrogen (secondary N) is 1. The average Bonchev–Trinajstić information content (AvgIpc) is 2.32. The number of hydrogen-bond donors (Lipinski definition) is 1. The molecule has 0 bridgehead atoms. The molecule has 1 rings (SSSR count). The zero-order valence-electron chi connectivity index (χ0n) is 5.72. The van der Waals surface area contributed by atoms with E-state index in [0.29, 0.717) is 11.5 Å². The zero-order valence-corrected chi connectivity index (χ0v) is 7.30. The molecule has 0 unspecified atom stereocenters. The standard InChI is InChI=1S/C4HClF3N3OS/c5-2(12)10-3-9-1(11-13-3)4(6,7)8/h(H,9,10,11,12). The second-order valence-electron chi connectivity index (χ2n) is 1.82. The van der Waals surface area contributed by atoms with E-state index in [4.69, 9.17) is 11.6 Å². The summed E-state index contributed by atoms with van der Waals surface area (Å²) in [7, 11) is 0. The van der Waals surface area contributed by atoms with Crippen molar-refractivity contribution in [2.75, 3.05) is 5.32 Å². The number of aromatic nitrogens is 2. The minimum absolute atomic E-state index is 0.285. The second-order valence-corrected chi connectivity index (χ2v) is 2.91. The Morgan fingerprint density at radius 2 is 2.15 bits per heavy atom. The van der Waals surface area contributed by atoms with Gasteiger partial charge in [0.1, 0.15) is 0 Å². The van der Waals surface area contributed by atoms with Gasteiger partial charge < -0.3 is 0 Å². The van der Waals surface area contributed by atoms with E-state index in [1.807, 2.05) is 5.32 Å². The maximum Gasteiger partial charge on any atom is 0.452 e. The van der Waals surface area contributed by atoms with Crippen molar-refractivity contribution in [1.29, 1.82) is 0 Å². The minimum Gasteiger partial charge on any atom is -0.287 e. The Balaban J connectivity index is 2.81. The Morgan fingerprint density at radius 1 is 1.54 bits per heavy atom. The number of hydrogen-bond acceptors (Lipinski definition) is 4. The number of anilines is 1. The topological polar surface area (TPSA) is 54.9 Å². The lowest BCUT2D eigenvalue weighted by Crippen LogP contribution is -2.08. The highest BCUT2D eigenvalue weighted by Gasteiger charge is 2.36. The van der Waals surface area contributed by atoms with Crippen LogP contribution in [0.4, 0.5) is 23.1 Å². The molecule has 0 atom stereocenters. The Hall–Kier alpha value is -0.890. The molecule has 0 aliphatic carbocycles. The molecule has 1 aromatic rings. The van der Waals surface area contributed by atoms with Gasteiger partial charge in [0.2, 0.25) is 11.0 Å². The van der Waals surface area contributed by atoms with Crippen LogP contribution in [0.3, 0.4) is 0 Å². The van der Waals surface area contributed by atoms with Gasteiger partial charge in [-0.25, -0.2) is 0 Å². The third kappa shape index (κ3) is 2.81. The van der Waals surface area contributed by atoms with Crippen LogP contribution in [0.15, 0.2) is 0 Å². The quantitative estimate of drug-likeness (QED) is 0.596. The molecule has 13 heavy (non-hydrogen) atoms. The Labute approximate surface area is 78.9 Å². The van der Waals surface area contributed by atoms with Crippen LogP contribution >= 0.6 is 23.1 Å². The molecule has 0 saturated carbocycles. The molecule has 0 aliphatic heterocycles. The van der Waals surface area contributed by atoms with Crippen molar-refractivity contribution >= 4 is 33.6 Å². The summed E-state index contributed by atoms with van der Waals surface area (Å²) in [4.78, 5) is 13.2. The summed E-state index contributed by atoms with van der Waals surface area (Å²) in [6.45, 7) is 0. The molecular formula is C4HClF3N3OS. The van der Waals surface area contributed by atoms with Gasteiger partial charge >= 0.3 is 11.5 Å². The van der Waals surface area contributed by atoms with Crippen molar-refractivity contribution < 1.29 is 18.0 Å². The molecule has 0 aliphatic rings. The summed E-state index contributed by atoms with van der Waals surface area (Å²) in [6.07, 6.45) is -4.61. The van der Waals surface area contributed by atoms with E-state index >= 15 is 0 Å². The molecule has 72 valence electrons. The number of alkyl halides is 3. The van der Waals surface area contributed by atoms with E-state index in [2.05, 4.69) is 9.36 Å². The molecule has 0 saturated heterocycles. The average molecular weight is 232 g/mol. The highest BCUT2D eigenvalue weighted by atomic mass is 35.5. The van der Waals surface area contributed by atoms with E-state index in [9.17, 15) is 18.0 Å². The lowest BCUT2D eigenvalue weighted by atomic mass is 10.6. The van der Waals surface area contributed by atoms with Gasteiger partial charge in [-0.2, -0.15) is 22.5 Å². The molecule has 1 heterocycles. The summed E-state index contributed by atoms with van der Waals surface area (Å²) in [5.74, 6) is -1.29. The van der Waals surface area contributed by atoms with Gasteiger partial charge in [-0.15, -0.1) is 0 Å². The minimum atomic E-state index is -4.61. The second kappa shape index (κ2) is 3.46. The number of carbonyl (C=O) groups excluding carboxylic acids is 1. The normalized spacial score (nSPS) is 11.4. The Morgan fingerprint density at radius 3 is 2.54 bits per heavy atom. The maximum atomic E-state index is 11.9. The largest absolute Gasteiger partial charge is 0.452 e. The first kappa shape index (κ1) is 10.2. The van der Waals surface area contributed by atoms with Crippen molar-refractivity contribution in [1.82, 2.24) is 9.36 Å². The Kier molecular flexibility index (Phi) is 2.71.